The fraction of sp³-hybridized carbons (Fsp3) is 0.222. The quantitative estimate of drug-likeness (QED) is 0.556. The number of aromatic nitrogens is 1. The Morgan fingerprint density at radius 1 is 1.57 bits per heavy atom. The summed E-state index contributed by atoms with van der Waals surface area (Å²) in [7, 11) is 3.70. The number of carbonyl (C=O) groups is 1. The van der Waals surface area contributed by atoms with E-state index in [1.807, 2.05) is 14.1 Å². The summed E-state index contributed by atoms with van der Waals surface area (Å²) < 4.78 is 0. The van der Waals surface area contributed by atoms with Crippen LogP contribution in [0.25, 0.3) is 0 Å². The lowest BCUT2D eigenvalue weighted by molar-refractivity contribution is 0.0995. The number of aliphatic imine (C=N–C) groups is 1. The molecule has 0 aliphatic heterocycles. The second kappa shape index (κ2) is 4.36. The summed E-state index contributed by atoms with van der Waals surface area (Å²) >= 11 is 0. The molecule has 0 aliphatic rings. The first-order chi connectivity index (χ1) is 6.59. The second-order valence-corrected chi connectivity index (χ2v) is 2.95. The number of nitrogens with zero attached hydrogens (tertiary/aromatic N) is 3. The number of hydrogen-bond acceptors (Lipinski definition) is 3. The summed E-state index contributed by atoms with van der Waals surface area (Å²) in [5.74, 6) is -0.0816. The number of primary amides is 1. The van der Waals surface area contributed by atoms with Gasteiger partial charge in [0, 0.05) is 14.1 Å². The van der Waals surface area contributed by atoms with E-state index in [4.69, 9.17) is 5.73 Å². The Morgan fingerprint density at radius 3 is 2.86 bits per heavy atom. The Balaban J connectivity index is 2.89. The average molecular weight is 192 g/mol. The van der Waals surface area contributed by atoms with Gasteiger partial charge in [0.15, 0.2) is 5.82 Å². The number of amides is 1. The smallest absolute Gasteiger partial charge is 0.267 e. The molecular formula is C9H12N4O. The van der Waals surface area contributed by atoms with Crippen LogP contribution in [0.5, 0.6) is 0 Å². The van der Waals surface area contributed by atoms with Crippen molar-refractivity contribution in [2.45, 2.75) is 0 Å². The lowest BCUT2D eigenvalue weighted by atomic mass is 10.3. The average Bonchev–Trinajstić information content (AvgIpc) is 2.15. The van der Waals surface area contributed by atoms with Gasteiger partial charge in [-0.3, -0.25) is 4.79 Å². The van der Waals surface area contributed by atoms with Crippen LogP contribution < -0.4 is 5.73 Å². The molecule has 1 heterocycles. The highest BCUT2D eigenvalue weighted by atomic mass is 16.1. The molecule has 0 bridgehead atoms. The highest BCUT2D eigenvalue weighted by Gasteiger charge is 2.01. The Kier molecular flexibility index (Phi) is 3.17. The van der Waals surface area contributed by atoms with Crippen LogP contribution in [0.15, 0.2) is 23.2 Å². The largest absolute Gasteiger partial charge is 0.369 e. The molecule has 1 amide bonds. The van der Waals surface area contributed by atoms with Gasteiger partial charge < -0.3 is 10.6 Å². The maximum Gasteiger partial charge on any atom is 0.267 e. The van der Waals surface area contributed by atoms with Gasteiger partial charge in [-0.1, -0.05) is 6.07 Å². The number of carbonyl (C=O) groups excluding carboxylic acids is 1. The second-order valence-electron chi connectivity index (χ2n) is 2.95. The first-order valence-corrected chi connectivity index (χ1v) is 4.07. The zero-order valence-electron chi connectivity index (χ0n) is 8.14. The molecule has 0 aliphatic carbocycles. The third kappa shape index (κ3) is 2.85. The van der Waals surface area contributed by atoms with Crippen molar-refractivity contribution in [2.24, 2.45) is 10.7 Å². The van der Waals surface area contributed by atoms with Crippen molar-refractivity contribution in [3.05, 3.63) is 23.9 Å². The van der Waals surface area contributed by atoms with Crippen LogP contribution in [0.3, 0.4) is 0 Å². The third-order valence-electron chi connectivity index (χ3n) is 1.41. The van der Waals surface area contributed by atoms with Crippen molar-refractivity contribution in [1.82, 2.24) is 9.88 Å². The molecule has 1 rings (SSSR count). The van der Waals surface area contributed by atoms with Gasteiger partial charge in [-0.05, 0) is 12.1 Å². The summed E-state index contributed by atoms with van der Waals surface area (Å²) in [5, 5.41) is 0. The van der Waals surface area contributed by atoms with Gasteiger partial charge >= 0.3 is 0 Å². The first-order valence-electron chi connectivity index (χ1n) is 4.07. The Labute approximate surface area is 82.3 Å². The van der Waals surface area contributed by atoms with Crippen LogP contribution >= 0.6 is 0 Å². The highest BCUT2D eigenvalue weighted by Crippen LogP contribution is 2.07. The summed E-state index contributed by atoms with van der Waals surface area (Å²) in [5.41, 5.74) is 5.30. The number of nitrogens with two attached hydrogens (primary N) is 1. The Hall–Kier alpha value is -1.91. The summed E-state index contributed by atoms with van der Waals surface area (Å²) in [6.07, 6.45) is 1.60. The lowest BCUT2D eigenvalue weighted by Crippen LogP contribution is -2.12. The van der Waals surface area contributed by atoms with Crippen molar-refractivity contribution >= 4 is 18.1 Å². The van der Waals surface area contributed by atoms with Crippen molar-refractivity contribution in [2.75, 3.05) is 14.1 Å². The van der Waals surface area contributed by atoms with E-state index in [0.29, 0.717) is 5.82 Å². The third-order valence-corrected chi connectivity index (χ3v) is 1.41. The van der Waals surface area contributed by atoms with Crippen molar-refractivity contribution < 1.29 is 4.79 Å². The van der Waals surface area contributed by atoms with Crippen LogP contribution in [0, 0.1) is 0 Å². The molecule has 0 saturated heterocycles. The molecule has 1 aromatic rings. The maximum absolute atomic E-state index is 10.8. The molecule has 2 N–H and O–H groups in total. The van der Waals surface area contributed by atoms with Gasteiger partial charge in [0.2, 0.25) is 0 Å². The minimum absolute atomic E-state index is 0.221. The van der Waals surface area contributed by atoms with E-state index < -0.39 is 5.91 Å². The molecule has 0 spiro atoms. The normalized spacial score (nSPS) is 10.4. The van der Waals surface area contributed by atoms with E-state index >= 15 is 0 Å². The van der Waals surface area contributed by atoms with E-state index in [0.717, 1.165) is 0 Å². The van der Waals surface area contributed by atoms with E-state index in [1.165, 1.54) is 0 Å². The van der Waals surface area contributed by atoms with Crippen molar-refractivity contribution in [3.63, 3.8) is 0 Å². The predicted molar refractivity (Wildman–Crippen MR) is 54.6 cm³/mol. The van der Waals surface area contributed by atoms with Gasteiger partial charge in [0.25, 0.3) is 5.91 Å². The number of pyridine rings is 1. The molecule has 74 valence electrons. The fourth-order valence-electron chi connectivity index (χ4n) is 0.807. The molecule has 0 saturated carbocycles. The molecule has 5 nitrogen and oxygen atoms in total. The van der Waals surface area contributed by atoms with Crippen LogP contribution in [-0.4, -0.2) is 36.2 Å². The van der Waals surface area contributed by atoms with E-state index in [2.05, 4.69) is 9.98 Å². The molecule has 0 radical (unpaired) electrons. The maximum atomic E-state index is 10.8. The molecule has 14 heavy (non-hydrogen) atoms. The Morgan fingerprint density at radius 2 is 2.29 bits per heavy atom. The van der Waals surface area contributed by atoms with Crippen LogP contribution in [-0.2, 0) is 0 Å². The summed E-state index contributed by atoms with van der Waals surface area (Å²) in [6.45, 7) is 0. The molecule has 0 unspecified atom stereocenters. The number of rotatable bonds is 3. The molecule has 5 heteroatoms. The lowest BCUT2D eigenvalue weighted by Gasteiger charge is -2.02. The molecule has 1 aromatic heterocycles. The molecular weight excluding hydrogens is 180 g/mol. The van der Waals surface area contributed by atoms with Crippen molar-refractivity contribution in [1.29, 1.82) is 0 Å². The SMILES string of the molecule is CN(C)C=Nc1cccc(C(N)=O)n1. The van der Waals surface area contributed by atoms with E-state index in [1.54, 1.807) is 29.4 Å². The van der Waals surface area contributed by atoms with Crippen LogP contribution in [0.1, 0.15) is 10.5 Å². The molecule has 0 fully saturated rings. The topological polar surface area (TPSA) is 71.6 Å². The molecule has 0 atom stereocenters. The van der Waals surface area contributed by atoms with Crippen LogP contribution in [0.2, 0.25) is 0 Å². The van der Waals surface area contributed by atoms with Gasteiger partial charge in [-0.15, -0.1) is 0 Å². The minimum Gasteiger partial charge on any atom is -0.369 e. The zero-order chi connectivity index (χ0) is 10.6. The summed E-state index contributed by atoms with van der Waals surface area (Å²) in [6, 6.07) is 4.94. The standard InChI is InChI=1S/C9H12N4O/c1-13(2)6-11-8-5-3-4-7(12-8)9(10)14/h3-6H,1-2H3,(H2,10,14). The van der Waals surface area contributed by atoms with E-state index in [-0.39, 0.29) is 5.69 Å². The molecule has 0 aromatic carbocycles. The Bertz CT molecular complexity index is 360. The first kappa shape index (κ1) is 10.2. The number of hydrogen-bond donors (Lipinski definition) is 1. The highest BCUT2D eigenvalue weighted by molar-refractivity contribution is 5.91. The van der Waals surface area contributed by atoms with Gasteiger partial charge in [-0.25, -0.2) is 9.98 Å². The van der Waals surface area contributed by atoms with Gasteiger partial charge in [0.05, 0.1) is 6.34 Å². The predicted octanol–water partition coefficient (Wildman–Crippen LogP) is 0.402. The minimum atomic E-state index is -0.549. The van der Waals surface area contributed by atoms with Crippen molar-refractivity contribution in [3.8, 4) is 0 Å². The monoisotopic (exact) mass is 192 g/mol. The zero-order valence-corrected chi connectivity index (χ0v) is 8.14. The summed E-state index contributed by atoms with van der Waals surface area (Å²) in [4.78, 5) is 20.5. The van der Waals surface area contributed by atoms with E-state index in [9.17, 15) is 4.79 Å². The fourth-order valence-corrected chi connectivity index (χ4v) is 0.807. The van der Waals surface area contributed by atoms with Gasteiger partial charge in [0.1, 0.15) is 5.69 Å². The van der Waals surface area contributed by atoms with Gasteiger partial charge in [-0.2, -0.15) is 0 Å². The van der Waals surface area contributed by atoms with Crippen LogP contribution in [0.4, 0.5) is 5.82 Å².